The fraction of sp³-hybridized carbons (Fsp3) is 0.316. The second-order valence-electron chi connectivity index (χ2n) is 6.46. The zero-order valence-electron chi connectivity index (χ0n) is 15.4. The molecule has 0 unspecified atom stereocenters. The van der Waals surface area contributed by atoms with Crippen LogP contribution >= 0.6 is 0 Å². The summed E-state index contributed by atoms with van der Waals surface area (Å²) in [6.07, 6.45) is 3.27. The lowest BCUT2D eigenvalue weighted by molar-refractivity contribution is 0.0943. The van der Waals surface area contributed by atoms with E-state index in [9.17, 15) is 9.59 Å². The van der Waals surface area contributed by atoms with Crippen molar-refractivity contribution in [2.45, 2.75) is 33.0 Å². The lowest BCUT2D eigenvalue weighted by Gasteiger charge is -2.09. The van der Waals surface area contributed by atoms with Crippen LogP contribution in [0.15, 0.2) is 47.3 Å². The van der Waals surface area contributed by atoms with E-state index in [-0.39, 0.29) is 18.0 Å². The molecule has 3 amide bonds. The Morgan fingerprint density at radius 3 is 2.81 bits per heavy atom. The van der Waals surface area contributed by atoms with E-state index in [0.29, 0.717) is 31.0 Å². The first-order valence-electron chi connectivity index (χ1n) is 8.83. The molecule has 27 heavy (non-hydrogen) atoms. The van der Waals surface area contributed by atoms with Gasteiger partial charge < -0.3 is 24.9 Å². The second-order valence-corrected chi connectivity index (χ2v) is 6.46. The monoisotopic (exact) mass is 369 g/mol. The Labute approximate surface area is 156 Å². The van der Waals surface area contributed by atoms with Crippen LogP contribution in [0, 0.1) is 0 Å². The van der Waals surface area contributed by atoms with Crippen LogP contribution in [0.25, 0.3) is 11.0 Å². The molecule has 2 heterocycles. The van der Waals surface area contributed by atoms with Gasteiger partial charge in [-0.25, -0.2) is 9.78 Å². The highest BCUT2D eigenvalue weighted by Crippen LogP contribution is 2.15. The minimum absolute atomic E-state index is 0.0794. The van der Waals surface area contributed by atoms with E-state index in [0.717, 1.165) is 11.0 Å². The average Bonchev–Trinajstić information content (AvgIpc) is 3.29. The molecule has 1 aromatic carbocycles. The predicted octanol–water partition coefficient (Wildman–Crippen LogP) is 2.27. The molecule has 0 saturated carbocycles. The van der Waals surface area contributed by atoms with Crippen molar-refractivity contribution < 1.29 is 14.0 Å². The van der Waals surface area contributed by atoms with Gasteiger partial charge >= 0.3 is 6.03 Å². The number of aromatic nitrogens is 2. The Kier molecular flexibility index (Phi) is 5.75. The Hall–Kier alpha value is -3.29. The maximum absolute atomic E-state index is 12.1. The molecule has 3 N–H and O–H groups in total. The molecule has 0 spiro atoms. The fourth-order valence-electron chi connectivity index (χ4n) is 2.66. The Morgan fingerprint density at radius 2 is 2.07 bits per heavy atom. The van der Waals surface area contributed by atoms with Crippen molar-refractivity contribution in [2.24, 2.45) is 0 Å². The van der Waals surface area contributed by atoms with Crippen molar-refractivity contribution >= 4 is 23.0 Å². The lowest BCUT2D eigenvalue weighted by Crippen LogP contribution is -2.36. The van der Waals surface area contributed by atoms with Crippen molar-refractivity contribution in [3.8, 4) is 0 Å². The number of furan rings is 1. The Bertz CT molecular complexity index is 915. The number of hydrogen-bond acceptors (Lipinski definition) is 4. The summed E-state index contributed by atoms with van der Waals surface area (Å²) in [5, 5.41) is 8.38. The minimum atomic E-state index is -0.261. The largest absolute Gasteiger partial charge is 0.467 e. The number of imidazole rings is 1. The molecular formula is C19H23N5O3. The third-order valence-electron chi connectivity index (χ3n) is 3.94. The van der Waals surface area contributed by atoms with Gasteiger partial charge in [0.1, 0.15) is 5.76 Å². The van der Waals surface area contributed by atoms with Crippen LogP contribution in [-0.4, -0.2) is 34.1 Å². The third-order valence-corrected chi connectivity index (χ3v) is 3.94. The number of nitrogens with zero attached hydrogens (tertiary/aromatic N) is 2. The number of carbonyl (C=O) groups is 2. The number of hydrogen-bond donors (Lipinski definition) is 3. The predicted molar refractivity (Wildman–Crippen MR) is 101 cm³/mol. The van der Waals surface area contributed by atoms with Gasteiger partial charge in [-0.2, -0.15) is 0 Å². The summed E-state index contributed by atoms with van der Waals surface area (Å²) in [5.41, 5.74) is 2.24. The van der Waals surface area contributed by atoms with E-state index >= 15 is 0 Å². The zero-order valence-corrected chi connectivity index (χ0v) is 15.4. The van der Waals surface area contributed by atoms with Crippen molar-refractivity contribution in [1.29, 1.82) is 0 Å². The minimum Gasteiger partial charge on any atom is -0.467 e. The first-order chi connectivity index (χ1) is 13.0. The van der Waals surface area contributed by atoms with E-state index in [2.05, 4.69) is 20.9 Å². The number of benzene rings is 1. The molecule has 0 radical (unpaired) electrons. The lowest BCUT2D eigenvalue weighted by atomic mass is 10.2. The summed E-state index contributed by atoms with van der Waals surface area (Å²) in [6.45, 7) is 5.20. The van der Waals surface area contributed by atoms with E-state index in [1.165, 1.54) is 0 Å². The Morgan fingerprint density at radius 1 is 1.22 bits per heavy atom. The number of amides is 3. The van der Waals surface area contributed by atoms with Gasteiger partial charge in [0, 0.05) is 24.7 Å². The van der Waals surface area contributed by atoms with Crippen LogP contribution in [0.1, 0.15) is 30.0 Å². The van der Waals surface area contributed by atoms with Crippen molar-refractivity contribution in [3.63, 3.8) is 0 Å². The number of urea groups is 1. The van der Waals surface area contributed by atoms with Gasteiger partial charge in [0.15, 0.2) is 0 Å². The maximum atomic E-state index is 12.1. The molecule has 0 aliphatic heterocycles. The molecule has 0 aliphatic carbocycles. The summed E-state index contributed by atoms with van der Waals surface area (Å²) in [7, 11) is 0. The molecule has 142 valence electrons. The molecular weight excluding hydrogens is 346 g/mol. The van der Waals surface area contributed by atoms with Crippen molar-refractivity contribution in [2.75, 3.05) is 6.54 Å². The first kappa shape index (κ1) is 18.5. The topological polar surface area (TPSA) is 101 Å². The SMILES string of the molecule is CC(C)NC(=O)c1ccc2c(c1)ncn2CCNC(=O)NCc1ccco1. The van der Waals surface area contributed by atoms with E-state index in [1.807, 2.05) is 24.5 Å². The summed E-state index contributed by atoms with van der Waals surface area (Å²) in [4.78, 5) is 28.2. The molecule has 3 aromatic rings. The van der Waals surface area contributed by atoms with Crippen LogP contribution in [0.2, 0.25) is 0 Å². The summed E-state index contributed by atoms with van der Waals surface area (Å²) in [6, 6.07) is 8.81. The van der Waals surface area contributed by atoms with E-state index in [4.69, 9.17) is 4.42 Å². The summed E-state index contributed by atoms with van der Waals surface area (Å²) in [5.74, 6) is 0.583. The van der Waals surface area contributed by atoms with Gasteiger partial charge in [-0.1, -0.05) is 0 Å². The molecule has 8 heteroatoms. The Balaban J connectivity index is 1.53. The number of fused-ring (bicyclic) bond motifs is 1. The second kappa shape index (κ2) is 8.39. The normalized spacial score (nSPS) is 10.9. The fourth-order valence-corrected chi connectivity index (χ4v) is 2.66. The molecule has 2 aromatic heterocycles. The zero-order chi connectivity index (χ0) is 19.2. The molecule has 8 nitrogen and oxygen atoms in total. The number of rotatable bonds is 7. The van der Waals surface area contributed by atoms with Gasteiger partial charge in [-0.3, -0.25) is 4.79 Å². The van der Waals surface area contributed by atoms with E-state index in [1.54, 1.807) is 36.9 Å². The smallest absolute Gasteiger partial charge is 0.315 e. The summed E-state index contributed by atoms with van der Waals surface area (Å²) >= 11 is 0. The number of carbonyl (C=O) groups excluding carboxylic acids is 2. The van der Waals surface area contributed by atoms with Crippen LogP contribution in [-0.2, 0) is 13.1 Å². The molecule has 3 rings (SSSR count). The van der Waals surface area contributed by atoms with Gasteiger partial charge in [0.25, 0.3) is 5.91 Å². The molecule has 0 saturated heterocycles. The summed E-state index contributed by atoms with van der Waals surface area (Å²) < 4.78 is 7.10. The van der Waals surface area contributed by atoms with Crippen LogP contribution in [0.4, 0.5) is 4.79 Å². The van der Waals surface area contributed by atoms with Crippen LogP contribution in [0.5, 0.6) is 0 Å². The molecule has 0 atom stereocenters. The first-order valence-corrected chi connectivity index (χ1v) is 8.83. The third kappa shape index (κ3) is 4.87. The molecule has 0 aliphatic rings. The van der Waals surface area contributed by atoms with Crippen LogP contribution < -0.4 is 16.0 Å². The standard InChI is InChI=1S/C19H23N5O3/c1-13(2)23-18(25)14-5-6-17-16(10-14)22-12-24(17)8-7-20-19(26)21-11-15-4-3-9-27-15/h3-6,9-10,12-13H,7-8,11H2,1-2H3,(H,23,25)(H2,20,21,26). The highest BCUT2D eigenvalue weighted by atomic mass is 16.3. The van der Waals surface area contributed by atoms with E-state index < -0.39 is 0 Å². The van der Waals surface area contributed by atoms with Gasteiger partial charge in [0.05, 0.1) is 30.2 Å². The van der Waals surface area contributed by atoms with Gasteiger partial charge in [0.2, 0.25) is 0 Å². The van der Waals surface area contributed by atoms with Gasteiger partial charge in [-0.15, -0.1) is 0 Å². The highest BCUT2D eigenvalue weighted by Gasteiger charge is 2.10. The molecule has 0 bridgehead atoms. The van der Waals surface area contributed by atoms with Crippen molar-refractivity contribution in [3.05, 3.63) is 54.2 Å². The van der Waals surface area contributed by atoms with Crippen LogP contribution in [0.3, 0.4) is 0 Å². The quantitative estimate of drug-likeness (QED) is 0.595. The molecule has 0 fully saturated rings. The average molecular weight is 369 g/mol. The van der Waals surface area contributed by atoms with Crippen molar-refractivity contribution in [1.82, 2.24) is 25.5 Å². The van der Waals surface area contributed by atoms with Gasteiger partial charge in [-0.05, 0) is 44.2 Å². The highest BCUT2D eigenvalue weighted by molar-refractivity contribution is 5.97. The number of nitrogens with one attached hydrogen (secondary N) is 3. The maximum Gasteiger partial charge on any atom is 0.315 e.